The van der Waals surface area contributed by atoms with E-state index in [1.165, 1.54) is 30.9 Å². The van der Waals surface area contributed by atoms with E-state index in [2.05, 4.69) is 50.9 Å². The van der Waals surface area contributed by atoms with Gasteiger partial charge in [0.2, 0.25) is 11.8 Å². The van der Waals surface area contributed by atoms with Crippen molar-refractivity contribution in [2.45, 2.75) is 108 Å². The summed E-state index contributed by atoms with van der Waals surface area (Å²) in [5.74, 6) is 1.33. The van der Waals surface area contributed by atoms with Crippen LogP contribution >= 0.6 is 0 Å². The molecule has 6 atom stereocenters. The fourth-order valence-electron chi connectivity index (χ4n) is 10.2. The number of aromatic nitrogens is 3. The zero-order valence-corrected chi connectivity index (χ0v) is 36.2. The van der Waals surface area contributed by atoms with Gasteiger partial charge in [0, 0.05) is 36.6 Å². The predicted molar refractivity (Wildman–Crippen MR) is 236 cm³/mol. The average Bonchev–Trinajstić information content (AvgIpc) is 4.15. The first kappa shape index (κ1) is 42.6. The third-order valence-electron chi connectivity index (χ3n) is 13.3. The lowest BCUT2D eigenvalue weighted by Gasteiger charge is -2.30. The number of aromatic amines is 1. The first-order chi connectivity index (χ1) is 30.0. The Bertz CT molecular complexity index is 2390. The predicted octanol–water partition coefficient (Wildman–Crippen LogP) is 7.26. The molecular weight excluding hydrogens is 787 g/mol. The first-order valence-electron chi connectivity index (χ1n) is 22.0. The highest BCUT2D eigenvalue weighted by Gasteiger charge is 2.41. The van der Waals surface area contributed by atoms with E-state index in [4.69, 9.17) is 24.9 Å². The lowest BCUT2D eigenvalue weighted by Crippen LogP contribution is -2.52. The Hall–Kier alpha value is -6.12. The number of alkyl carbamates (subject to hydrolysis) is 2. The Kier molecular flexibility index (Phi) is 12.4. The number of nitrogens with zero attached hydrogens (tertiary/aromatic N) is 5. The minimum atomic E-state index is -0.684. The molecule has 2 aliphatic heterocycles. The van der Waals surface area contributed by atoms with Gasteiger partial charge in [-0.25, -0.2) is 14.6 Å². The molecule has 2 bridgehead atoms. The number of pyridine rings is 1. The zero-order chi connectivity index (χ0) is 43.7. The Morgan fingerprint density at radius 3 is 2.32 bits per heavy atom. The minimum absolute atomic E-state index is 0.105. The van der Waals surface area contributed by atoms with E-state index in [0.717, 1.165) is 78.6 Å². The monoisotopic (exact) mass is 843 g/mol. The lowest BCUT2D eigenvalue weighted by atomic mass is 9.82. The highest BCUT2D eigenvalue weighted by atomic mass is 16.5. The van der Waals surface area contributed by atoms with Crippen LogP contribution in [0.3, 0.4) is 0 Å². The SMILES string of the molecule is CCC(NC(=O)OC)C(=O)N1CCCC1c1nc2ccc(-c3ccc(-c4ccc(C(=N)C=NCC5CCCN5C(=O)C(NC(=O)OC)C(C)C)cn4)c4c3C3CCC4C3)cc2[nH]1. The second kappa shape index (κ2) is 18.1. The van der Waals surface area contributed by atoms with Gasteiger partial charge in [0.25, 0.3) is 0 Å². The van der Waals surface area contributed by atoms with E-state index >= 15 is 0 Å². The van der Waals surface area contributed by atoms with Gasteiger partial charge in [-0.1, -0.05) is 39.0 Å². The molecule has 326 valence electrons. The van der Waals surface area contributed by atoms with Gasteiger partial charge in [0.05, 0.1) is 55.3 Å². The van der Waals surface area contributed by atoms with Crippen LogP contribution in [0.2, 0.25) is 0 Å². The van der Waals surface area contributed by atoms with Crippen LogP contribution in [0, 0.1) is 11.3 Å². The number of rotatable bonds is 13. The number of carbonyl (C=O) groups is 4. The molecule has 15 heteroatoms. The van der Waals surface area contributed by atoms with E-state index in [0.29, 0.717) is 43.5 Å². The van der Waals surface area contributed by atoms with Gasteiger partial charge in [0.15, 0.2) is 0 Å². The number of likely N-dealkylation sites (tertiary alicyclic amines) is 2. The molecule has 2 aliphatic carbocycles. The molecular formula is C47H57N9O6. The number of carbonyl (C=O) groups excluding carboxylic acids is 4. The molecule has 62 heavy (non-hydrogen) atoms. The zero-order valence-electron chi connectivity index (χ0n) is 36.2. The van der Waals surface area contributed by atoms with Gasteiger partial charge >= 0.3 is 12.2 Å². The van der Waals surface area contributed by atoms with Crippen molar-refractivity contribution in [1.82, 2.24) is 35.4 Å². The Labute approximate surface area is 362 Å². The van der Waals surface area contributed by atoms with Crippen LogP contribution in [0.5, 0.6) is 0 Å². The number of imidazole rings is 1. The molecule has 3 fully saturated rings. The highest BCUT2D eigenvalue weighted by molar-refractivity contribution is 6.36. The van der Waals surface area contributed by atoms with Crippen LogP contribution in [0.25, 0.3) is 33.4 Å². The molecule has 4 amide bonds. The van der Waals surface area contributed by atoms with Gasteiger partial charge in [-0.3, -0.25) is 25.0 Å². The number of H-pyrrole nitrogens is 1. The molecule has 1 saturated carbocycles. The number of fused-ring (bicyclic) bond motifs is 6. The van der Waals surface area contributed by atoms with Crippen LogP contribution in [0.4, 0.5) is 9.59 Å². The maximum absolute atomic E-state index is 13.6. The first-order valence-corrected chi connectivity index (χ1v) is 22.0. The van der Waals surface area contributed by atoms with Gasteiger partial charge in [-0.2, -0.15) is 0 Å². The number of methoxy groups -OCH3 is 2. The quantitative estimate of drug-likeness (QED) is 0.101. The summed E-state index contributed by atoms with van der Waals surface area (Å²) < 4.78 is 9.50. The Morgan fingerprint density at radius 2 is 1.61 bits per heavy atom. The van der Waals surface area contributed by atoms with Crippen LogP contribution in [0.1, 0.15) is 113 Å². The minimum Gasteiger partial charge on any atom is -0.453 e. The molecule has 15 nitrogen and oxygen atoms in total. The summed E-state index contributed by atoms with van der Waals surface area (Å²) in [7, 11) is 2.58. The lowest BCUT2D eigenvalue weighted by molar-refractivity contribution is -0.135. The number of hydrogen-bond acceptors (Lipinski definition) is 10. The highest BCUT2D eigenvalue weighted by Crippen LogP contribution is 2.58. The van der Waals surface area contributed by atoms with Crippen molar-refractivity contribution in [3.8, 4) is 22.4 Å². The molecule has 6 unspecified atom stereocenters. The van der Waals surface area contributed by atoms with E-state index < -0.39 is 24.3 Å². The fourth-order valence-corrected chi connectivity index (χ4v) is 10.2. The number of amides is 4. The van der Waals surface area contributed by atoms with Gasteiger partial charge < -0.3 is 34.9 Å². The molecule has 4 aliphatic rings. The third kappa shape index (κ3) is 8.28. The van der Waals surface area contributed by atoms with Gasteiger partial charge in [-0.15, -0.1) is 0 Å². The molecule has 4 heterocycles. The number of ether oxygens (including phenoxy) is 2. The summed E-state index contributed by atoms with van der Waals surface area (Å²) in [6, 6.07) is 13.1. The maximum Gasteiger partial charge on any atom is 0.407 e. The summed E-state index contributed by atoms with van der Waals surface area (Å²) in [6.45, 7) is 7.23. The normalized spacial score (nSPS) is 21.4. The second-order valence-electron chi connectivity index (χ2n) is 17.4. The number of benzene rings is 2. The summed E-state index contributed by atoms with van der Waals surface area (Å²) >= 11 is 0. The van der Waals surface area contributed by atoms with Crippen molar-refractivity contribution < 1.29 is 28.7 Å². The molecule has 2 aromatic carbocycles. The van der Waals surface area contributed by atoms with Crippen molar-refractivity contribution in [3.05, 3.63) is 71.2 Å². The molecule has 0 spiro atoms. The van der Waals surface area contributed by atoms with Crippen molar-refractivity contribution >= 4 is 47.0 Å². The van der Waals surface area contributed by atoms with Crippen LogP contribution in [0.15, 0.2) is 53.7 Å². The van der Waals surface area contributed by atoms with Crippen molar-refractivity contribution in [1.29, 1.82) is 5.41 Å². The van der Waals surface area contributed by atoms with Crippen LogP contribution < -0.4 is 10.6 Å². The molecule has 4 N–H and O–H groups in total. The molecule has 0 radical (unpaired) electrons. The summed E-state index contributed by atoms with van der Waals surface area (Å²) in [6.07, 6.45) is 9.26. The summed E-state index contributed by atoms with van der Waals surface area (Å²) in [5, 5.41) is 14.1. The van der Waals surface area contributed by atoms with E-state index in [9.17, 15) is 19.2 Å². The molecule has 4 aromatic rings. The average molecular weight is 844 g/mol. The van der Waals surface area contributed by atoms with Gasteiger partial charge in [0.1, 0.15) is 17.9 Å². The number of hydrogen-bond donors (Lipinski definition) is 4. The molecule has 2 saturated heterocycles. The molecule has 8 rings (SSSR count). The standard InChI is InChI=1S/C47H57N9O6/c1-6-35(53-46(59)61-4)44(57)56-20-8-10-39(56)43-51-37-18-13-27(22-38(37)52-43)32-15-16-33(41-29-12-11-28(21-29)40(32)41)36-17-14-30(23-50-36)34(48)25-49-24-31-9-7-19-55(31)45(58)42(26(2)3)54-47(60)62-5/h13-18,22-23,25-26,28-29,31,35,39,42,48H,6-12,19-21,24H2,1-5H3,(H,51,52)(H,53,59)(H,54,60). The smallest absolute Gasteiger partial charge is 0.407 e. The third-order valence-corrected chi connectivity index (χ3v) is 13.3. The van der Waals surface area contributed by atoms with Crippen LogP contribution in [-0.2, 0) is 19.1 Å². The van der Waals surface area contributed by atoms with E-state index in [-0.39, 0.29) is 35.5 Å². The van der Waals surface area contributed by atoms with Crippen LogP contribution in [-0.4, -0.2) is 113 Å². The van der Waals surface area contributed by atoms with E-state index in [1.807, 2.05) is 37.8 Å². The topological polar surface area (TPSA) is 195 Å². The summed E-state index contributed by atoms with van der Waals surface area (Å²) in [5.41, 5.74) is 9.82. The van der Waals surface area contributed by atoms with Crippen molar-refractivity contribution in [2.75, 3.05) is 33.9 Å². The number of nitrogens with one attached hydrogen (secondary N) is 4. The van der Waals surface area contributed by atoms with E-state index in [1.54, 1.807) is 17.3 Å². The van der Waals surface area contributed by atoms with Crippen molar-refractivity contribution in [3.63, 3.8) is 0 Å². The maximum atomic E-state index is 13.6. The summed E-state index contributed by atoms with van der Waals surface area (Å²) in [4.78, 5) is 72.4. The molecule has 2 aromatic heterocycles. The Balaban J connectivity index is 0.972. The second-order valence-corrected chi connectivity index (χ2v) is 17.4. The number of aliphatic imine (C=N–C) groups is 1. The van der Waals surface area contributed by atoms with Gasteiger partial charge in [-0.05, 0) is 116 Å². The fraction of sp³-hybridized carbons (Fsp3) is 0.489. The largest absolute Gasteiger partial charge is 0.453 e. The van der Waals surface area contributed by atoms with Crippen molar-refractivity contribution in [2.24, 2.45) is 10.9 Å². The Morgan fingerprint density at radius 1 is 0.903 bits per heavy atom.